The molecule has 7 heteroatoms. The Morgan fingerprint density at radius 3 is 2.19 bits per heavy atom. The summed E-state index contributed by atoms with van der Waals surface area (Å²) in [5.41, 5.74) is 8.65. The predicted octanol–water partition coefficient (Wildman–Crippen LogP) is 4.72. The van der Waals surface area contributed by atoms with Crippen molar-refractivity contribution in [3.63, 3.8) is 0 Å². The van der Waals surface area contributed by atoms with Crippen LogP contribution < -0.4 is 11.1 Å². The summed E-state index contributed by atoms with van der Waals surface area (Å²) >= 11 is 0. The number of benzene rings is 2. The van der Waals surface area contributed by atoms with Crippen LogP contribution in [0.25, 0.3) is 0 Å². The smallest absolute Gasteiger partial charge is 0.370 e. The van der Waals surface area contributed by atoms with Gasteiger partial charge in [0.2, 0.25) is 0 Å². The third kappa shape index (κ3) is 6.96. The molecule has 0 bridgehead atoms. The summed E-state index contributed by atoms with van der Waals surface area (Å²) in [5.74, 6) is 5.74. The zero-order valence-corrected chi connectivity index (χ0v) is 16.6. The molecule has 0 atom stereocenters. The number of aliphatic imine (C=N–C) groups is 1. The molecule has 0 saturated carbocycles. The summed E-state index contributed by atoms with van der Waals surface area (Å²) < 4.78 is 37.4. The number of hydrogen-bond acceptors (Lipinski definition) is 1. The van der Waals surface area contributed by atoms with Crippen LogP contribution in [0.2, 0.25) is 0 Å². The first-order chi connectivity index (χ1) is 11.7. The molecule has 0 amide bonds. The third-order valence-electron chi connectivity index (χ3n) is 3.27. The van der Waals surface area contributed by atoms with Crippen molar-refractivity contribution in [3.05, 3.63) is 64.7 Å². The van der Waals surface area contributed by atoms with E-state index in [-0.39, 0.29) is 36.5 Å². The van der Waals surface area contributed by atoms with Crippen LogP contribution in [0.4, 0.5) is 18.9 Å². The van der Waals surface area contributed by atoms with Gasteiger partial charge in [-0.1, -0.05) is 17.9 Å². The Morgan fingerprint density at radius 2 is 1.65 bits per heavy atom. The van der Waals surface area contributed by atoms with Crippen LogP contribution in [0.15, 0.2) is 47.5 Å². The van der Waals surface area contributed by atoms with E-state index in [4.69, 9.17) is 5.73 Å². The Hall–Kier alpha value is -2.21. The molecule has 2 rings (SSSR count). The highest BCUT2D eigenvalue weighted by atomic mass is 127. The van der Waals surface area contributed by atoms with Gasteiger partial charge in [-0.25, -0.2) is 4.99 Å². The lowest BCUT2D eigenvalue weighted by Gasteiger charge is -2.07. The number of halogens is 4. The molecule has 3 nitrogen and oxygen atoms in total. The fourth-order valence-electron chi connectivity index (χ4n) is 2.24. The molecule has 2 aromatic carbocycles. The second-order valence-corrected chi connectivity index (χ2v) is 5.58. The van der Waals surface area contributed by atoms with Gasteiger partial charge in [0, 0.05) is 11.3 Å². The summed E-state index contributed by atoms with van der Waals surface area (Å²) in [5, 5.41) is 2.98. The molecule has 0 spiro atoms. The van der Waals surface area contributed by atoms with Crippen molar-refractivity contribution >= 4 is 35.6 Å². The molecule has 0 heterocycles. The number of rotatable bonds is 2. The van der Waals surface area contributed by atoms with Crippen molar-refractivity contribution in [2.75, 3.05) is 11.9 Å². The summed E-state index contributed by atoms with van der Waals surface area (Å²) in [4.78, 5) is 4.08. The quantitative estimate of drug-likeness (QED) is 0.287. The van der Waals surface area contributed by atoms with E-state index in [0.717, 1.165) is 28.9 Å². The van der Waals surface area contributed by atoms with Crippen LogP contribution in [0.5, 0.6) is 0 Å². The number of hydrogen-bond donors (Lipinski definition) is 2. The van der Waals surface area contributed by atoms with Crippen molar-refractivity contribution < 1.29 is 13.2 Å². The van der Waals surface area contributed by atoms with Crippen LogP contribution >= 0.6 is 24.0 Å². The maximum Gasteiger partial charge on any atom is 0.416 e. The van der Waals surface area contributed by atoms with Gasteiger partial charge in [-0.15, -0.1) is 24.0 Å². The molecule has 0 aliphatic rings. The maximum absolute atomic E-state index is 12.5. The molecule has 0 aliphatic carbocycles. The second-order valence-electron chi connectivity index (χ2n) is 5.58. The summed E-state index contributed by atoms with van der Waals surface area (Å²) in [6, 6.07) is 10.6. The van der Waals surface area contributed by atoms with E-state index >= 15 is 0 Å². The van der Waals surface area contributed by atoms with E-state index in [9.17, 15) is 13.2 Å². The zero-order valence-electron chi connectivity index (χ0n) is 14.3. The minimum Gasteiger partial charge on any atom is -0.370 e. The molecule has 3 N–H and O–H groups in total. The van der Waals surface area contributed by atoms with Gasteiger partial charge in [0.1, 0.15) is 6.54 Å². The average molecular weight is 473 g/mol. The van der Waals surface area contributed by atoms with Crippen LogP contribution in [-0.4, -0.2) is 12.5 Å². The number of anilines is 1. The van der Waals surface area contributed by atoms with Crippen LogP contribution in [-0.2, 0) is 6.18 Å². The molecule has 138 valence electrons. The van der Waals surface area contributed by atoms with Crippen LogP contribution in [0.3, 0.4) is 0 Å². The number of guanidine groups is 1. The molecule has 0 saturated heterocycles. The standard InChI is InChI=1S/C19H18F3N3.HI/c1-13-10-14(2)12-17(11-13)25-18(23)24-9-3-4-15-5-7-16(8-6-15)19(20,21)22;/h5-8,10-12H,9H2,1-2H3,(H3,23,24,25);1H. The maximum atomic E-state index is 12.5. The Bertz CT molecular complexity index is 812. The summed E-state index contributed by atoms with van der Waals surface area (Å²) in [6.45, 7) is 4.12. The Labute approximate surface area is 167 Å². The van der Waals surface area contributed by atoms with Crippen LogP contribution in [0, 0.1) is 25.7 Å². The molecular formula is C19H19F3IN3. The molecular weight excluding hydrogens is 454 g/mol. The van der Waals surface area contributed by atoms with Gasteiger partial charge < -0.3 is 11.1 Å². The first kappa shape index (κ1) is 21.8. The molecule has 2 aromatic rings. The van der Waals surface area contributed by atoms with Gasteiger partial charge >= 0.3 is 6.18 Å². The van der Waals surface area contributed by atoms with Gasteiger partial charge in [-0.2, -0.15) is 13.2 Å². The SMILES string of the molecule is Cc1cc(C)cc(NC(N)=NCC#Cc2ccc(C(F)(F)F)cc2)c1.I. The fraction of sp³-hybridized carbons (Fsp3) is 0.211. The number of nitrogens with zero attached hydrogens (tertiary/aromatic N) is 1. The van der Waals surface area contributed by atoms with Crippen molar-refractivity contribution in [2.45, 2.75) is 20.0 Å². The monoisotopic (exact) mass is 473 g/mol. The van der Waals surface area contributed by atoms with E-state index in [2.05, 4.69) is 22.2 Å². The van der Waals surface area contributed by atoms with Crippen molar-refractivity contribution in [2.24, 2.45) is 10.7 Å². The number of nitrogens with one attached hydrogen (secondary N) is 1. The normalized spacial score (nSPS) is 11.2. The van der Waals surface area contributed by atoms with Crippen molar-refractivity contribution in [1.29, 1.82) is 0 Å². The summed E-state index contributed by atoms with van der Waals surface area (Å²) in [6.07, 6.45) is -4.34. The lowest BCUT2D eigenvalue weighted by Crippen LogP contribution is -2.22. The second kappa shape index (κ2) is 9.48. The highest BCUT2D eigenvalue weighted by molar-refractivity contribution is 14.0. The van der Waals surface area contributed by atoms with E-state index in [1.54, 1.807) is 0 Å². The summed E-state index contributed by atoms with van der Waals surface area (Å²) in [7, 11) is 0. The van der Waals surface area contributed by atoms with Gasteiger partial charge in [0.15, 0.2) is 5.96 Å². The van der Waals surface area contributed by atoms with Crippen molar-refractivity contribution in [1.82, 2.24) is 0 Å². The van der Waals surface area contributed by atoms with Crippen LogP contribution in [0.1, 0.15) is 22.3 Å². The first-order valence-corrected chi connectivity index (χ1v) is 7.55. The highest BCUT2D eigenvalue weighted by Crippen LogP contribution is 2.28. The highest BCUT2D eigenvalue weighted by Gasteiger charge is 2.29. The Balaban J connectivity index is 0.00000338. The largest absolute Gasteiger partial charge is 0.416 e. The van der Waals surface area contributed by atoms with Crippen molar-refractivity contribution in [3.8, 4) is 11.8 Å². The molecule has 0 unspecified atom stereocenters. The number of alkyl halides is 3. The zero-order chi connectivity index (χ0) is 18.4. The Kier molecular flexibility index (Phi) is 7.96. The van der Waals surface area contributed by atoms with E-state index in [1.807, 2.05) is 32.0 Å². The topological polar surface area (TPSA) is 50.4 Å². The van der Waals surface area contributed by atoms with Gasteiger partial charge in [0.05, 0.1) is 5.56 Å². The first-order valence-electron chi connectivity index (χ1n) is 7.55. The lowest BCUT2D eigenvalue weighted by molar-refractivity contribution is -0.137. The van der Waals surface area contributed by atoms with E-state index < -0.39 is 11.7 Å². The molecule has 0 aliphatic heterocycles. The lowest BCUT2D eigenvalue weighted by atomic mass is 10.1. The molecule has 0 aromatic heterocycles. The minimum atomic E-state index is -4.34. The average Bonchev–Trinajstić information content (AvgIpc) is 2.50. The minimum absolute atomic E-state index is 0. The molecule has 0 radical (unpaired) electrons. The predicted molar refractivity (Wildman–Crippen MR) is 110 cm³/mol. The Morgan fingerprint density at radius 1 is 1.08 bits per heavy atom. The van der Waals surface area contributed by atoms with E-state index in [1.165, 1.54) is 12.1 Å². The fourth-order valence-corrected chi connectivity index (χ4v) is 2.24. The van der Waals surface area contributed by atoms with Gasteiger partial charge in [0.25, 0.3) is 0 Å². The van der Waals surface area contributed by atoms with E-state index in [0.29, 0.717) is 5.56 Å². The molecule has 0 fully saturated rings. The molecule has 26 heavy (non-hydrogen) atoms. The van der Waals surface area contributed by atoms with Gasteiger partial charge in [-0.3, -0.25) is 0 Å². The third-order valence-corrected chi connectivity index (χ3v) is 3.27. The number of aryl methyl sites for hydroxylation is 2. The van der Waals surface area contributed by atoms with Gasteiger partial charge in [-0.05, 0) is 61.4 Å². The number of nitrogens with two attached hydrogens (primary N) is 1.